The van der Waals surface area contributed by atoms with Crippen LogP contribution in [-0.2, 0) is 13.1 Å². The van der Waals surface area contributed by atoms with Crippen LogP contribution in [0, 0.1) is 5.41 Å². The molecule has 2 aromatic carbocycles. The second-order valence-electron chi connectivity index (χ2n) is 5.18. The van der Waals surface area contributed by atoms with Gasteiger partial charge in [0.1, 0.15) is 0 Å². The zero-order chi connectivity index (χ0) is 16.4. The summed E-state index contributed by atoms with van der Waals surface area (Å²) in [4.78, 5) is 12.5. The van der Waals surface area contributed by atoms with Crippen LogP contribution in [0.15, 0.2) is 48.5 Å². The van der Waals surface area contributed by atoms with Crippen molar-refractivity contribution in [3.8, 4) is 0 Å². The van der Waals surface area contributed by atoms with Crippen LogP contribution in [0.4, 0.5) is 0 Å². The van der Waals surface area contributed by atoms with Crippen LogP contribution in [-0.4, -0.2) is 26.6 Å². The molecule has 5 nitrogen and oxygen atoms in total. The fourth-order valence-corrected chi connectivity index (χ4v) is 2.96. The maximum absolute atomic E-state index is 12.5. The van der Waals surface area contributed by atoms with E-state index in [-0.39, 0.29) is 31.1 Å². The van der Waals surface area contributed by atoms with Crippen molar-refractivity contribution in [3.63, 3.8) is 0 Å². The molecule has 0 fully saturated rings. The van der Waals surface area contributed by atoms with E-state index >= 15 is 0 Å². The van der Waals surface area contributed by atoms with Gasteiger partial charge in [0, 0.05) is 12.1 Å². The normalized spacial score (nSPS) is 11.0. The molecule has 0 saturated heterocycles. The van der Waals surface area contributed by atoms with Gasteiger partial charge in [-0.3, -0.25) is 10.2 Å². The number of carbonyl (C=O) groups excluding carboxylic acids is 1. The van der Waals surface area contributed by atoms with E-state index in [2.05, 4.69) is 0 Å². The van der Waals surface area contributed by atoms with Crippen LogP contribution in [0.1, 0.15) is 10.4 Å². The Labute approximate surface area is 137 Å². The Bertz CT molecular complexity index is 913. The Hall–Kier alpha value is -2.37. The van der Waals surface area contributed by atoms with E-state index in [1.54, 1.807) is 33.4 Å². The molecule has 0 aliphatic rings. The number of Topliss-reactive ketones (excluding diaryl/α,β-unsaturated/α-hetero) is 1. The van der Waals surface area contributed by atoms with Gasteiger partial charge in [0.2, 0.25) is 5.62 Å². The molecule has 3 aromatic rings. The second-order valence-corrected chi connectivity index (χ2v) is 5.59. The average molecular weight is 330 g/mol. The number of hydrogen-bond acceptors (Lipinski definition) is 3. The molecular formula is C17H16ClN3O2. The van der Waals surface area contributed by atoms with Gasteiger partial charge in [0.15, 0.2) is 5.78 Å². The minimum absolute atomic E-state index is 0.0537. The monoisotopic (exact) mass is 329 g/mol. The predicted molar refractivity (Wildman–Crippen MR) is 88.7 cm³/mol. The Morgan fingerprint density at radius 1 is 1.09 bits per heavy atom. The highest BCUT2D eigenvalue weighted by Gasteiger charge is 2.16. The summed E-state index contributed by atoms with van der Waals surface area (Å²) >= 11 is 6.25. The van der Waals surface area contributed by atoms with Gasteiger partial charge in [-0.1, -0.05) is 48.0 Å². The van der Waals surface area contributed by atoms with E-state index in [0.717, 1.165) is 0 Å². The van der Waals surface area contributed by atoms with E-state index in [9.17, 15) is 9.90 Å². The molecular weight excluding hydrogens is 314 g/mol. The zero-order valence-corrected chi connectivity index (χ0v) is 13.1. The van der Waals surface area contributed by atoms with Gasteiger partial charge in [0.25, 0.3) is 0 Å². The first-order valence-electron chi connectivity index (χ1n) is 7.24. The third-order valence-corrected chi connectivity index (χ3v) is 4.06. The zero-order valence-electron chi connectivity index (χ0n) is 12.4. The number of carbonyl (C=O) groups is 1. The van der Waals surface area contributed by atoms with E-state index < -0.39 is 0 Å². The lowest BCUT2D eigenvalue weighted by Crippen LogP contribution is -2.28. The fourth-order valence-electron chi connectivity index (χ4n) is 2.69. The number of imidazole rings is 1. The quantitative estimate of drug-likeness (QED) is 0.706. The van der Waals surface area contributed by atoms with Crippen molar-refractivity contribution in [2.45, 2.75) is 13.1 Å². The van der Waals surface area contributed by atoms with Gasteiger partial charge in [0.05, 0.1) is 29.2 Å². The Morgan fingerprint density at radius 3 is 2.52 bits per heavy atom. The predicted octanol–water partition coefficient (Wildman–Crippen LogP) is 2.45. The van der Waals surface area contributed by atoms with Crippen LogP contribution in [0.3, 0.4) is 0 Å². The summed E-state index contributed by atoms with van der Waals surface area (Å²) in [6.45, 7) is 0.206. The standard InChI is InChI=1S/C17H16ClN3O2/c18-13-7-4-8-14-16(13)20(9-10-22)17(19)21(14)11-15(23)12-5-2-1-3-6-12/h1-8,19,22H,9-11H2. The summed E-state index contributed by atoms with van der Waals surface area (Å²) in [7, 11) is 0. The van der Waals surface area contributed by atoms with E-state index in [4.69, 9.17) is 17.0 Å². The highest BCUT2D eigenvalue weighted by molar-refractivity contribution is 6.35. The molecule has 1 aromatic heterocycles. The minimum Gasteiger partial charge on any atom is -0.395 e. The fraction of sp³-hybridized carbons (Fsp3) is 0.176. The molecule has 0 bridgehead atoms. The number of halogens is 1. The summed E-state index contributed by atoms with van der Waals surface area (Å²) in [5.74, 6) is -0.0767. The molecule has 6 heteroatoms. The molecule has 0 aliphatic heterocycles. The summed E-state index contributed by atoms with van der Waals surface area (Å²) in [5, 5.41) is 18.1. The summed E-state index contributed by atoms with van der Waals surface area (Å²) in [6.07, 6.45) is 0. The first-order valence-corrected chi connectivity index (χ1v) is 7.62. The van der Waals surface area contributed by atoms with Crippen LogP contribution in [0.2, 0.25) is 5.02 Å². The number of benzene rings is 2. The third kappa shape index (κ3) is 2.81. The summed E-state index contributed by atoms with van der Waals surface area (Å²) in [5.41, 5.74) is 2.12. The topological polar surface area (TPSA) is 71.0 Å². The number of nitrogens with one attached hydrogen (secondary N) is 1. The SMILES string of the molecule is N=c1n(CC(=O)c2ccccc2)c2cccc(Cl)c2n1CCO. The van der Waals surface area contributed by atoms with Crippen molar-refractivity contribution in [1.82, 2.24) is 9.13 Å². The lowest BCUT2D eigenvalue weighted by Gasteiger charge is -2.04. The molecule has 3 rings (SSSR count). The number of ketones is 1. The van der Waals surface area contributed by atoms with Crippen molar-refractivity contribution in [3.05, 3.63) is 64.7 Å². The highest BCUT2D eigenvalue weighted by Crippen LogP contribution is 2.22. The highest BCUT2D eigenvalue weighted by atomic mass is 35.5. The molecule has 0 amide bonds. The van der Waals surface area contributed by atoms with Gasteiger partial charge in [-0.05, 0) is 12.1 Å². The van der Waals surface area contributed by atoms with Gasteiger partial charge < -0.3 is 14.2 Å². The molecule has 0 spiro atoms. The Kier molecular flexibility index (Phi) is 4.32. The lowest BCUT2D eigenvalue weighted by atomic mass is 10.1. The average Bonchev–Trinajstić information content (AvgIpc) is 2.83. The van der Waals surface area contributed by atoms with Crippen LogP contribution >= 0.6 is 11.6 Å². The molecule has 118 valence electrons. The van der Waals surface area contributed by atoms with E-state index in [0.29, 0.717) is 21.6 Å². The maximum Gasteiger partial charge on any atom is 0.203 e. The van der Waals surface area contributed by atoms with Crippen molar-refractivity contribution in [1.29, 1.82) is 5.41 Å². The number of aromatic nitrogens is 2. The van der Waals surface area contributed by atoms with Gasteiger partial charge in [-0.2, -0.15) is 0 Å². The maximum atomic E-state index is 12.5. The lowest BCUT2D eigenvalue weighted by molar-refractivity contribution is 0.0971. The second kappa shape index (κ2) is 6.40. The van der Waals surface area contributed by atoms with Crippen LogP contribution in [0.5, 0.6) is 0 Å². The van der Waals surface area contributed by atoms with Gasteiger partial charge in [-0.15, -0.1) is 0 Å². The molecule has 2 N–H and O–H groups in total. The molecule has 0 saturated carbocycles. The smallest absolute Gasteiger partial charge is 0.203 e. The molecule has 0 aliphatic carbocycles. The minimum atomic E-state index is -0.104. The van der Waals surface area contributed by atoms with E-state index in [1.807, 2.05) is 24.3 Å². The largest absolute Gasteiger partial charge is 0.395 e. The number of aliphatic hydroxyl groups excluding tert-OH is 1. The molecule has 0 unspecified atom stereocenters. The van der Waals surface area contributed by atoms with Crippen molar-refractivity contribution in [2.24, 2.45) is 0 Å². The molecule has 0 atom stereocenters. The molecule has 1 heterocycles. The molecule has 23 heavy (non-hydrogen) atoms. The van der Waals surface area contributed by atoms with Gasteiger partial charge in [-0.25, -0.2) is 0 Å². The van der Waals surface area contributed by atoms with Crippen molar-refractivity contribution >= 4 is 28.4 Å². The number of rotatable bonds is 5. The molecule has 0 radical (unpaired) electrons. The number of fused-ring (bicyclic) bond motifs is 1. The number of nitrogens with zero attached hydrogens (tertiary/aromatic N) is 2. The van der Waals surface area contributed by atoms with Gasteiger partial charge >= 0.3 is 0 Å². The van der Waals surface area contributed by atoms with Crippen LogP contribution in [0.25, 0.3) is 11.0 Å². The van der Waals surface area contributed by atoms with E-state index in [1.165, 1.54) is 0 Å². The van der Waals surface area contributed by atoms with Crippen LogP contribution < -0.4 is 5.62 Å². The number of hydrogen-bond donors (Lipinski definition) is 2. The Balaban J connectivity index is 2.11. The number of para-hydroxylation sites is 1. The van der Waals surface area contributed by atoms with Crippen molar-refractivity contribution in [2.75, 3.05) is 6.61 Å². The first kappa shape index (κ1) is 15.5. The summed E-state index contributed by atoms with van der Waals surface area (Å²) < 4.78 is 3.24. The number of aliphatic hydroxyl groups is 1. The third-order valence-electron chi connectivity index (χ3n) is 3.76. The first-order chi connectivity index (χ1) is 11.1. The Morgan fingerprint density at radius 2 is 1.83 bits per heavy atom. The van der Waals surface area contributed by atoms with Crippen molar-refractivity contribution < 1.29 is 9.90 Å². The summed E-state index contributed by atoms with van der Waals surface area (Å²) in [6, 6.07) is 14.3.